The second kappa shape index (κ2) is 6.93. The summed E-state index contributed by atoms with van der Waals surface area (Å²) >= 11 is 0. The monoisotopic (exact) mass is 351 g/mol. The van der Waals surface area contributed by atoms with Crippen LogP contribution in [0.15, 0.2) is 48.8 Å². The highest BCUT2D eigenvalue weighted by molar-refractivity contribution is 5.96. The van der Waals surface area contributed by atoms with E-state index in [4.69, 9.17) is 4.74 Å². The van der Waals surface area contributed by atoms with Gasteiger partial charge in [-0.1, -0.05) is 36.4 Å². The summed E-state index contributed by atoms with van der Waals surface area (Å²) < 4.78 is 5.33. The number of nitrogens with zero attached hydrogens (tertiary/aromatic N) is 4. The van der Waals surface area contributed by atoms with Crippen molar-refractivity contribution in [2.24, 2.45) is 0 Å². The van der Waals surface area contributed by atoms with Gasteiger partial charge in [-0.15, -0.1) is 0 Å². The van der Waals surface area contributed by atoms with E-state index >= 15 is 0 Å². The number of benzene rings is 2. The molecule has 0 spiro atoms. The second-order valence-electron chi connectivity index (χ2n) is 5.90. The van der Waals surface area contributed by atoms with E-state index in [1.54, 1.807) is 0 Å². The number of aromatic nitrogens is 2. The molecule has 0 atom stereocenters. The van der Waals surface area contributed by atoms with Crippen LogP contribution >= 0.6 is 0 Å². The molecule has 1 N–H and O–H groups in total. The zero-order valence-corrected chi connectivity index (χ0v) is 14.0. The van der Waals surface area contributed by atoms with Gasteiger partial charge in [0.05, 0.1) is 18.1 Å². The van der Waals surface area contributed by atoms with E-state index in [-0.39, 0.29) is 11.5 Å². The Morgan fingerprint density at radius 1 is 1.08 bits per heavy atom. The lowest BCUT2D eigenvalue weighted by Gasteiger charge is -2.27. The van der Waals surface area contributed by atoms with Crippen molar-refractivity contribution in [1.29, 1.82) is 0 Å². The third-order valence-corrected chi connectivity index (χ3v) is 4.34. The summed E-state index contributed by atoms with van der Waals surface area (Å²) in [5, 5.41) is 16.9. The van der Waals surface area contributed by atoms with Crippen molar-refractivity contribution in [2.75, 3.05) is 36.5 Å². The molecule has 1 aliphatic rings. The summed E-state index contributed by atoms with van der Waals surface area (Å²) in [7, 11) is 0. The van der Waals surface area contributed by atoms with Crippen molar-refractivity contribution in [2.45, 2.75) is 0 Å². The van der Waals surface area contributed by atoms with Crippen LogP contribution in [0.3, 0.4) is 0 Å². The largest absolute Gasteiger partial charge is 0.378 e. The molecule has 4 rings (SSSR count). The predicted octanol–water partition coefficient (Wildman–Crippen LogP) is 3.12. The fraction of sp³-hybridized carbons (Fsp3) is 0.222. The molecule has 0 amide bonds. The number of rotatable bonds is 4. The van der Waals surface area contributed by atoms with Crippen LogP contribution in [-0.2, 0) is 4.74 Å². The van der Waals surface area contributed by atoms with Gasteiger partial charge in [0, 0.05) is 24.2 Å². The molecule has 3 aromatic rings. The molecule has 0 bridgehead atoms. The Bertz CT molecular complexity index is 951. The van der Waals surface area contributed by atoms with Gasteiger partial charge in [-0.2, -0.15) is 0 Å². The van der Waals surface area contributed by atoms with Gasteiger partial charge in [-0.3, -0.25) is 10.1 Å². The molecule has 132 valence electrons. The van der Waals surface area contributed by atoms with Crippen LogP contribution in [-0.4, -0.2) is 41.2 Å². The Labute approximate surface area is 149 Å². The van der Waals surface area contributed by atoms with E-state index in [9.17, 15) is 10.1 Å². The average molecular weight is 351 g/mol. The SMILES string of the molecule is O=[N+]([O-])c1c(Nc2cccc3ccccc23)ncnc1N1CCOCC1. The summed E-state index contributed by atoms with van der Waals surface area (Å²) in [5.74, 6) is 0.499. The van der Waals surface area contributed by atoms with Crippen LogP contribution in [0.25, 0.3) is 10.8 Å². The van der Waals surface area contributed by atoms with Crippen LogP contribution in [0, 0.1) is 10.1 Å². The highest BCUT2D eigenvalue weighted by Gasteiger charge is 2.28. The Balaban J connectivity index is 1.77. The van der Waals surface area contributed by atoms with Crippen LogP contribution in [0.5, 0.6) is 0 Å². The molecule has 0 radical (unpaired) electrons. The lowest BCUT2D eigenvalue weighted by atomic mass is 10.1. The Morgan fingerprint density at radius 3 is 2.65 bits per heavy atom. The first-order valence-electron chi connectivity index (χ1n) is 8.31. The first-order valence-corrected chi connectivity index (χ1v) is 8.31. The molecule has 1 aliphatic heterocycles. The Kier molecular flexibility index (Phi) is 4.32. The van der Waals surface area contributed by atoms with Crippen molar-refractivity contribution in [3.8, 4) is 0 Å². The van der Waals surface area contributed by atoms with E-state index in [0.717, 1.165) is 16.5 Å². The highest BCUT2D eigenvalue weighted by atomic mass is 16.6. The number of fused-ring (bicyclic) bond motifs is 1. The number of hydrogen-bond donors (Lipinski definition) is 1. The van der Waals surface area contributed by atoms with E-state index in [0.29, 0.717) is 32.1 Å². The van der Waals surface area contributed by atoms with Gasteiger partial charge < -0.3 is 15.0 Å². The minimum absolute atomic E-state index is 0.123. The summed E-state index contributed by atoms with van der Waals surface area (Å²) in [6, 6.07) is 13.6. The van der Waals surface area contributed by atoms with Crippen LogP contribution in [0.4, 0.5) is 23.0 Å². The third-order valence-electron chi connectivity index (χ3n) is 4.34. The topological polar surface area (TPSA) is 93.4 Å². The van der Waals surface area contributed by atoms with Crippen molar-refractivity contribution in [3.05, 3.63) is 58.9 Å². The normalized spacial score (nSPS) is 14.4. The van der Waals surface area contributed by atoms with Gasteiger partial charge in [-0.05, 0) is 11.5 Å². The highest BCUT2D eigenvalue weighted by Crippen LogP contribution is 2.35. The van der Waals surface area contributed by atoms with Crippen LogP contribution in [0.1, 0.15) is 0 Å². The molecule has 0 saturated carbocycles. The zero-order chi connectivity index (χ0) is 17.9. The number of nitro groups is 1. The number of ether oxygens (including phenoxy) is 1. The fourth-order valence-corrected chi connectivity index (χ4v) is 3.10. The maximum Gasteiger partial charge on any atom is 0.353 e. The first kappa shape index (κ1) is 16.2. The molecular formula is C18H17N5O3. The van der Waals surface area contributed by atoms with E-state index in [1.165, 1.54) is 6.33 Å². The van der Waals surface area contributed by atoms with Gasteiger partial charge in [0.25, 0.3) is 0 Å². The van der Waals surface area contributed by atoms with Crippen molar-refractivity contribution >= 4 is 33.8 Å². The van der Waals surface area contributed by atoms with E-state index < -0.39 is 4.92 Å². The number of morpholine rings is 1. The number of anilines is 3. The van der Waals surface area contributed by atoms with E-state index in [1.807, 2.05) is 47.4 Å². The second-order valence-corrected chi connectivity index (χ2v) is 5.90. The van der Waals surface area contributed by atoms with Crippen LogP contribution < -0.4 is 10.2 Å². The first-order chi connectivity index (χ1) is 12.7. The lowest BCUT2D eigenvalue weighted by molar-refractivity contribution is -0.383. The third kappa shape index (κ3) is 3.02. The molecule has 1 saturated heterocycles. The summed E-state index contributed by atoms with van der Waals surface area (Å²) in [5.41, 5.74) is 0.639. The standard InChI is InChI=1S/C18H17N5O3/c24-23(25)16-17(19-12-20-18(16)22-8-10-26-11-9-22)21-15-7-3-5-13-4-1-2-6-14(13)15/h1-7,12H,8-11H2,(H,19,20,21). The smallest absolute Gasteiger partial charge is 0.353 e. The molecular weight excluding hydrogens is 334 g/mol. The summed E-state index contributed by atoms with van der Waals surface area (Å²) in [4.78, 5) is 21.5. The van der Waals surface area contributed by atoms with Gasteiger partial charge in [0.2, 0.25) is 11.6 Å². The molecule has 2 aromatic carbocycles. The molecule has 1 aromatic heterocycles. The number of hydrogen-bond acceptors (Lipinski definition) is 7. The van der Waals surface area contributed by atoms with Crippen molar-refractivity contribution < 1.29 is 9.66 Å². The summed E-state index contributed by atoms with van der Waals surface area (Å²) in [6.07, 6.45) is 1.35. The Hall–Kier alpha value is -3.26. The van der Waals surface area contributed by atoms with E-state index in [2.05, 4.69) is 15.3 Å². The van der Waals surface area contributed by atoms with Crippen molar-refractivity contribution in [1.82, 2.24) is 9.97 Å². The number of nitrogens with one attached hydrogen (secondary N) is 1. The quantitative estimate of drug-likeness (QED) is 0.570. The average Bonchev–Trinajstić information content (AvgIpc) is 2.68. The minimum atomic E-state index is -0.432. The van der Waals surface area contributed by atoms with Crippen molar-refractivity contribution in [3.63, 3.8) is 0 Å². The van der Waals surface area contributed by atoms with Gasteiger partial charge in [-0.25, -0.2) is 9.97 Å². The zero-order valence-electron chi connectivity index (χ0n) is 14.0. The molecule has 8 heteroatoms. The molecule has 26 heavy (non-hydrogen) atoms. The van der Waals surface area contributed by atoms with Gasteiger partial charge in [0.1, 0.15) is 6.33 Å². The van der Waals surface area contributed by atoms with Crippen LogP contribution in [0.2, 0.25) is 0 Å². The molecule has 0 aliphatic carbocycles. The molecule has 8 nitrogen and oxygen atoms in total. The molecule has 1 fully saturated rings. The Morgan fingerprint density at radius 2 is 1.85 bits per heavy atom. The predicted molar refractivity (Wildman–Crippen MR) is 98.9 cm³/mol. The maximum atomic E-state index is 11.8. The minimum Gasteiger partial charge on any atom is -0.378 e. The lowest BCUT2D eigenvalue weighted by Crippen LogP contribution is -2.37. The maximum absolute atomic E-state index is 11.8. The molecule has 2 heterocycles. The molecule has 0 unspecified atom stereocenters. The summed E-state index contributed by atoms with van der Waals surface area (Å²) in [6.45, 7) is 2.16. The van der Waals surface area contributed by atoms with Gasteiger partial charge >= 0.3 is 5.69 Å². The fourth-order valence-electron chi connectivity index (χ4n) is 3.10. The van der Waals surface area contributed by atoms with Gasteiger partial charge in [0.15, 0.2) is 0 Å².